The zero-order valence-electron chi connectivity index (χ0n) is 11.1. The molecule has 0 aromatic carbocycles. The van der Waals surface area contributed by atoms with Crippen LogP contribution in [0.2, 0.25) is 0 Å². The van der Waals surface area contributed by atoms with Gasteiger partial charge in [-0.15, -0.1) is 0 Å². The number of halogens is 1. The molecule has 0 heterocycles. The lowest BCUT2D eigenvalue weighted by molar-refractivity contribution is -0.168. The van der Waals surface area contributed by atoms with E-state index < -0.39 is 35.1 Å². The van der Waals surface area contributed by atoms with Gasteiger partial charge in [0.25, 0.3) is 0 Å². The lowest BCUT2D eigenvalue weighted by atomic mass is 9.98. The van der Waals surface area contributed by atoms with Crippen LogP contribution < -0.4 is 0 Å². The Morgan fingerprint density at radius 3 is 2.06 bits per heavy atom. The molecule has 0 spiro atoms. The summed E-state index contributed by atoms with van der Waals surface area (Å²) in [5.74, 6) is -2.05. The second-order valence-electron chi connectivity index (χ2n) is 4.17. The van der Waals surface area contributed by atoms with Gasteiger partial charge in [-0.05, 0) is 31.9 Å². The first kappa shape index (κ1) is 16.9. The Morgan fingerprint density at radius 2 is 1.61 bits per heavy atom. The van der Waals surface area contributed by atoms with Crippen LogP contribution in [0.25, 0.3) is 0 Å². The van der Waals surface area contributed by atoms with Gasteiger partial charge in [-0.3, -0.25) is 9.59 Å². The molecule has 3 atom stereocenters. The summed E-state index contributed by atoms with van der Waals surface area (Å²) in [4.78, 5) is 33.7. The first-order chi connectivity index (χ1) is 8.29. The predicted molar refractivity (Wildman–Crippen MR) is 66.0 cm³/mol. The molecule has 0 rings (SSSR count). The summed E-state index contributed by atoms with van der Waals surface area (Å²) in [5.41, 5.74) is 0. The number of rotatable bonds is 7. The summed E-state index contributed by atoms with van der Waals surface area (Å²) in [6.45, 7) is 6.60. The maximum atomic E-state index is 11.6. The molecule has 5 nitrogen and oxygen atoms in total. The molecule has 0 aliphatic carbocycles. The third-order valence-corrected chi connectivity index (χ3v) is 2.78. The summed E-state index contributed by atoms with van der Waals surface area (Å²) in [5, 5.41) is -0.493. The summed E-state index contributed by atoms with van der Waals surface area (Å²) >= 11 is 5.31. The van der Waals surface area contributed by atoms with Gasteiger partial charge < -0.3 is 9.47 Å². The molecular weight excluding hydrogens is 260 g/mol. The molecular formula is C12H19ClO5. The van der Waals surface area contributed by atoms with E-state index in [1.807, 2.05) is 0 Å². The summed E-state index contributed by atoms with van der Waals surface area (Å²) in [6, 6.07) is 0. The van der Waals surface area contributed by atoms with Crippen LogP contribution in [-0.4, -0.2) is 29.9 Å². The fourth-order valence-electron chi connectivity index (χ4n) is 1.32. The summed E-state index contributed by atoms with van der Waals surface area (Å²) < 4.78 is 9.65. The molecule has 18 heavy (non-hydrogen) atoms. The van der Waals surface area contributed by atoms with Crippen LogP contribution >= 0.6 is 11.6 Å². The SMILES string of the molecule is CCOC(=O)C(C)OC(=O)[C@H](C)C[C@@H](C)C(=O)Cl. The van der Waals surface area contributed by atoms with E-state index in [4.69, 9.17) is 21.1 Å². The van der Waals surface area contributed by atoms with Gasteiger partial charge in [0.1, 0.15) is 0 Å². The van der Waals surface area contributed by atoms with Crippen molar-refractivity contribution in [1.29, 1.82) is 0 Å². The van der Waals surface area contributed by atoms with E-state index in [2.05, 4.69) is 0 Å². The molecule has 0 saturated heterocycles. The first-order valence-corrected chi connectivity index (χ1v) is 6.23. The molecule has 1 unspecified atom stereocenters. The van der Waals surface area contributed by atoms with Crippen molar-refractivity contribution in [2.24, 2.45) is 11.8 Å². The molecule has 0 N–H and O–H groups in total. The van der Waals surface area contributed by atoms with Gasteiger partial charge in [0.2, 0.25) is 5.24 Å². The minimum Gasteiger partial charge on any atom is -0.463 e. The Hall–Kier alpha value is -1.10. The van der Waals surface area contributed by atoms with Crippen LogP contribution in [0, 0.1) is 11.8 Å². The van der Waals surface area contributed by atoms with Crippen LogP contribution in [0.4, 0.5) is 0 Å². The van der Waals surface area contributed by atoms with Crippen LogP contribution in [0.15, 0.2) is 0 Å². The Labute approximate surface area is 112 Å². The van der Waals surface area contributed by atoms with E-state index >= 15 is 0 Å². The fourth-order valence-corrected chi connectivity index (χ4v) is 1.41. The number of hydrogen-bond acceptors (Lipinski definition) is 5. The van der Waals surface area contributed by atoms with E-state index in [0.717, 1.165) is 0 Å². The summed E-state index contributed by atoms with van der Waals surface area (Å²) in [7, 11) is 0. The van der Waals surface area contributed by atoms with Gasteiger partial charge >= 0.3 is 11.9 Å². The van der Waals surface area contributed by atoms with E-state index in [-0.39, 0.29) is 13.0 Å². The number of hydrogen-bond donors (Lipinski definition) is 0. The van der Waals surface area contributed by atoms with Crippen molar-refractivity contribution in [3.05, 3.63) is 0 Å². The maximum absolute atomic E-state index is 11.6. The van der Waals surface area contributed by atoms with Crippen molar-refractivity contribution in [2.45, 2.75) is 40.2 Å². The molecule has 0 fully saturated rings. The average molecular weight is 279 g/mol. The number of carbonyl (C=O) groups is 3. The predicted octanol–water partition coefficient (Wildman–Crippen LogP) is 1.91. The Balaban J connectivity index is 4.23. The van der Waals surface area contributed by atoms with Gasteiger partial charge in [0.15, 0.2) is 6.10 Å². The number of ether oxygens (including phenoxy) is 2. The van der Waals surface area contributed by atoms with Crippen molar-refractivity contribution < 1.29 is 23.9 Å². The lowest BCUT2D eigenvalue weighted by Crippen LogP contribution is -2.29. The number of esters is 2. The molecule has 0 bridgehead atoms. The Kier molecular flexibility index (Phi) is 7.59. The molecule has 6 heteroatoms. The smallest absolute Gasteiger partial charge is 0.347 e. The van der Waals surface area contributed by atoms with Crippen LogP contribution in [0.3, 0.4) is 0 Å². The van der Waals surface area contributed by atoms with Crippen molar-refractivity contribution in [1.82, 2.24) is 0 Å². The zero-order chi connectivity index (χ0) is 14.3. The average Bonchev–Trinajstić information content (AvgIpc) is 2.28. The van der Waals surface area contributed by atoms with Gasteiger partial charge in [-0.2, -0.15) is 0 Å². The van der Waals surface area contributed by atoms with Crippen LogP contribution in [0.5, 0.6) is 0 Å². The molecule has 0 aromatic heterocycles. The van der Waals surface area contributed by atoms with Crippen LogP contribution in [-0.2, 0) is 23.9 Å². The highest BCUT2D eigenvalue weighted by Crippen LogP contribution is 2.16. The second-order valence-corrected chi connectivity index (χ2v) is 4.55. The minimum atomic E-state index is -0.943. The molecule has 0 aromatic rings. The molecule has 0 amide bonds. The Bertz CT molecular complexity index is 316. The lowest BCUT2D eigenvalue weighted by Gasteiger charge is -2.17. The standard InChI is InChI=1S/C12H19ClO5/c1-5-17-12(16)9(4)18-11(15)8(3)6-7(2)10(13)14/h7-9H,5-6H2,1-4H3/t7-,8-,9?/m1/s1. The van der Waals surface area contributed by atoms with Gasteiger partial charge in [-0.25, -0.2) is 4.79 Å². The van der Waals surface area contributed by atoms with E-state index in [9.17, 15) is 14.4 Å². The molecule has 0 aliphatic rings. The highest BCUT2D eigenvalue weighted by molar-refractivity contribution is 6.63. The maximum Gasteiger partial charge on any atom is 0.347 e. The largest absolute Gasteiger partial charge is 0.463 e. The Morgan fingerprint density at radius 1 is 1.06 bits per heavy atom. The van der Waals surface area contributed by atoms with Crippen molar-refractivity contribution >= 4 is 28.8 Å². The fraction of sp³-hybridized carbons (Fsp3) is 0.750. The van der Waals surface area contributed by atoms with Crippen molar-refractivity contribution in [3.8, 4) is 0 Å². The molecule has 104 valence electrons. The minimum absolute atomic E-state index is 0.230. The monoisotopic (exact) mass is 278 g/mol. The van der Waals surface area contributed by atoms with Crippen LogP contribution in [0.1, 0.15) is 34.1 Å². The normalized spacial score (nSPS) is 15.4. The van der Waals surface area contributed by atoms with Crippen molar-refractivity contribution in [2.75, 3.05) is 6.61 Å². The molecule has 0 radical (unpaired) electrons. The van der Waals surface area contributed by atoms with E-state index in [1.165, 1.54) is 6.92 Å². The number of carbonyl (C=O) groups excluding carboxylic acids is 3. The van der Waals surface area contributed by atoms with Crippen molar-refractivity contribution in [3.63, 3.8) is 0 Å². The van der Waals surface area contributed by atoms with Gasteiger partial charge in [-0.1, -0.05) is 13.8 Å². The molecule has 0 aliphatic heterocycles. The summed E-state index contributed by atoms with van der Waals surface area (Å²) in [6.07, 6.45) is -0.654. The highest BCUT2D eigenvalue weighted by atomic mass is 35.5. The first-order valence-electron chi connectivity index (χ1n) is 5.86. The zero-order valence-corrected chi connectivity index (χ0v) is 11.8. The van der Waals surface area contributed by atoms with E-state index in [1.54, 1.807) is 20.8 Å². The quantitative estimate of drug-likeness (QED) is 0.525. The van der Waals surface area contributed by atoms with Gasteiger partial charge in [0.05, 0.1) is 12.5 Å². The third-order valence-electron chi connectivity index (χ3n) is 2.41. The molecule has 0 saturated carbocycles. The third kappa shape index (κ3) is 6.00. The topological polar surface area (TPSA) is 69.7 Å². The van der Waals surface area contributed by atoms with Gasteiger partial charge in [0, 0.05) is 5.92 Å². The highest BCUT2D eigenvalue weighted by Gasteiger charge is 2.25. The second kappa shape index (κ2) is 8.08. The van der Waals surface area contributed by atoms with E-state index in [0.29, 0.717) is 0 Å².